The molecule has 1 atom stereocenters. The molecule has 0 aliphatic heterocycles. The Morgan fingerprint density at radius 2 is 1.73 bits per heavy atom. The van der Waals surface area contributed by atoms with Crippen molar-refractivity contribution >= 4 is 23.5 Å². The molecule has 160 valence electrons. The lowest BCUT2D eigenvalue weighted by molar-refractivity contribution is -0.274. The summed E-state index contributed by atoms with van der Waals surface area (Å²) >= 11 is 0. The fourth-order valence-corrected chi connectivity index (χ4v) is 2.32. The van der Waals surface area contributed by atoms with E-state index in [1.807, 2.05) is 13.0 Å². The largest absolute Gasteiger partial charge is 0.573 e. The Balaban J connectivity index is 1.80. The lowest BCUT2D eigenvalue weighted by atomic mass is 10.1. The molecule has 0 aliphatic rings. The molecule has 10 heteroatoms. The highest BCUT2D eigenvalue weighted by Gasteiger charge is 2.31. The highest BCUT2D eigenvalue weighted by Crippen LogP contribution is 2.24. The molecule has 2 aromatic rings. The normalized spacial score (nSPS) is 11.9. The molecule has 2 aromatic carbocycles. The Labute approximate surface area is 170 Å². The van der Waals surface area contributed by atoms with Crippen LogP contribution in [0.15, 0.2) is 48.5 Å². The number of carbonyl (C=O) groups is 3. The maximum Gasteiger partial charge on any atom is 0.573 e. The van der Waals surface area contributed by atoms with Gasteiger partial charge < -0.3 is 20.1 Å². The van der Waals surface area contributed by atoms with Crippen LogP contribution in [-0.2, 0) is 14.3 Å². The molecule has 0 spiro atoms. The van der Waals surface area contributed by atoms with Gasteiger partial charge in [-0.2, -0.15) is 0 Å². The third-order valence-electron chi connectivity index (χ3n) is 3.71. The zero-order chi connectivity index (χ0) is 22.3. The van der Waals surface area contributed by atoms with Crippen molar-refractivity contribution in [3.63, 3.8) is 0 Å². The first kappa shape index (κ1) is 22.7. The number of esters is 1. The predicted molar refractivity (Wildman–Crippen MR) is 101 cm³/mol. The lowest BCUT2D eigenvalue weighted by Gasteiger charge is -2.14. The van der Waals surface area contributed by atoms with Crippen molar-refractivity contribution in [2.75, 3.05) is 11.9 Å². The second-order valence-electron chi connectivity index (χ2n) is 6.25. The molecule has 0 fully saturated rings. The van der Waals surface area contributed by atoms with Gasteiger partial charge in [-0.05, 0) is 50.2 Å². The number of nitrogens with one attached hydrogen (secondary N) is 2. The standard InChI is InChI=1S/C20H19F3N2O5/c1-12-4-3-5-14(10-12)19(28)24-11-17(26)29-13(2)18(27)25-15-6-8-16(9-7-15)30-20(21,22)23/h3-10,13H,11H2,1-2H3,(H,24,28)(H,25,27). The number of carbonyl (C=O) groups excluding carboxylic acids is 3. The van der Waals surface area contributed by atoms with Gasteiger partial charge in [0.2, 0.25) is 0 Å². The minimum atomic E-state index is -4.82. The summed E-state index contributed by atoms with van der Waals surface area (Å²) in [4.78, 5) is 35.9. The molecule has 2 amide bonds. The monoisotopic (exact) mass is 424 g/mol. The van der Waals surface area contributed by atoms with E-state index in [1.54, 1.807) is 18.2 Å². The Hall–Kier alpha value is -3.56. The van der Waals surface area contributed by atoms with Crippen molar-refractivity contribution in [2.45, 2.75) is 26.3 Å². The number of ether oxygens (including phenoxy) is 2. The third-order valence-corrected chi connectivity index (χ3v) is 3.71. The highest BCUT2D eigenvalue weighted by molar-refractivity contribution is 5.97. The molecule has 30 heavy (non-hydrogen) atoms. The van der Waals surface area contributed by atoms with Crippen LogP contribution in [-0.4, -0.2) is 36.8 Å². The van der Waals surface area contributed by atoms with Crippen molar-refractivity contribution < 1.29 is 37.0 Å². The quantitative estimate of drug-likeness (QED) is 0.666. The Morgan fingerprint density at radius 3 is 2.33 bits per heavy atom. The molecule has 1 unspecified atom stereocenters. The van der Waals surface area contributed by atoms with E-state index < -0.39 is 42.5 Å². The Bertz CT molecular complexity index is 913. The summed E-state index contributed by atoms with van der Waals surface area (Å²) in [6, 6.07) is 11.2. The minimum Gasteiger partial charge on any atom is -0.451 e. The van der Waals surface area contributed by atoms with Crippen molar-refractivity contribution in [1.82, 2.24) is 5.32 Å². The van der Waals surface area contributed by atoms with Gasteiger partial charge in [0.1, 0.15) is 12.3 Å². The van der Waals surface area contributed by atoms with Gasteiger partial charge in [0.15, 0.2) is 6.10 Å². The highest BCUT2D eigenvalue weighted by atomic mass is 19.4. The van der Waals surface area contributed by atoms with E-state index in [4.69, 9.17) is 4.74 Å². The molecule has 0 aliphatic carbocycles. The topological polar surface area (TPSA) is 93.7 Å². The van der Waals surface area contributed by atoms with Gasteiger partial charge in [0, 0.05) is 11.3 Å². The third kappa shape index (κ3) is 7.46. The summed E-state index contributed by atoms with van der Waals surface area (Å²) in [7, 11) is 0. The Kier molecular flexibility index (Phi) is 7.40. The van der Waals surface area contributed by atoms with Crippen LogP contribution in [0.3, 0.4) is 0 Å². The predicted octanol–water partition coefficient (Wildman–Crippen LogP) is 3.19. The number of amides is 2. The molecular formula is C20H19F3N2O5. The fourth-order valence-electron chi connectivity index (χ4n) is 2.32. The van der Waals surface area contributed by atoms with Gasteiger partial charge in [-0.25, -0.2) is 0 Å². The molecule has 7 nitrogen and oxygen atoms in total. The number of hydrogen-bond donors (Lipinski definition) is 2. The summed E-state index contributed by atoms with van der Waals surface area (Å²) in [6.07, 6.45) is -6.01. The van der Waals surface area contributed by atoms with Crippen molar-refractivity contribution in [2.24, 2.45) is 0 Å². The molecule has 2 rings (SSSR count). The van der Waals surface area contributed by atoms with Crippen molar-refractivity contribution in [3.05, 3.63) is 59.7 Å². The minimum absolute atomic E-state index is 0.185. The molecular weight excluding hydrogens is 405 g/mol. The Morgan fingerprint density at radius 1 is 1.07 bits per heavy atom. The molecule has 0 bridgehead atoms. The average molecular weight is 424 g/mol. The van der Waals surface area contributed by atoms with Crippen LogP contribution in [0.2, 0.25) is 0 Å². The van der Waals surface area contributed by atoms with Crippen LogP contribution in [0.5, 0.6) is 5.75 Å². The van der Waals surface area contributed by atoms with E-state index in [-0.39, 0.29) is 5.69 Å². The van der Waals surface area contributed by atoms with Gasteiger partial charge in [0.05, 0.1) is 0 Å². The second-order valence-corrected chi connectivity index (χ2v) is 6.25. The molecule has 0 saturated heterocycles. The number of aryl methyl sites for hydroxylation is 1. The first-order valence-electron chi connectivity index (χ1n) is 8.74. The van der Waals surface area contributed by atoms with Gasteiger partial charge in [-0.3, -0.25) is 14.4 Å². The summed E-state index contributed by atoms with van der Waals surface area (Å²) < 4.78 is 45.1. The van der Waals surface area contributed by atoms with Crippen LogP contribution in [0.25, 0.3) is 0 Å². The van der Waals surface area contributed by atoms with Crippen LogP contribution in [0.1, 0.15) is 22.8 Å². The zero-order valence-electron chi connectivity index (χ0n) is 16.1. The van der Waals surface area contributed by atoms with Gasteiger partial charge in [-0.1, -0.05) is 17.7 Å². The summed E-state index contributed by atoms with van der Waals surface area (Å²) in [6.45, 7) is 2.70. The maximum absolute atomic E-state index is 12.1. The van der Waals surface area contributed by atoms with Gasteiger partial charge in [0.25, 0.3) is 11.8 Å². The first-order valence-corrected chi connectivity index (χ1v) is 8.74. The average Bonchev–Trinajstić information content (AvgIpc) is 2.66. The van der Waals surface area contributed by atoms with E-state index in [1.165, 1.54) is 19.1 Å². The molecule has 0 heterocycles. The number of anilines is 1. The van der Waals surface area contributed by atoms with E-state index >= 15 is 0 Å². The van der Waals surface area contributed by atoms with E-state index in [9.17, 15) is 27.6 Å². The summed E-state index contributed by atoms with van der Waals surface area (Å²) in [5.41, 5.74) is 1.45. The summed E-state index contributed by atoms with van der Waals surface area (Å²) in [5, 5.41) is 4.79. The lowest BCUT2D eigenvalue weighted by Crippen LogP contribution is -2.35. The SMILES string of the molecule is Cc1cccc(C(=O)NCC(=O)OC(C)C(=O)Nc2ccc(OC(F)(F)F)cc2)c1. The van der Waals surface area contributed by atoms with E-state index in [0.29, 0.717) is 5.56 Å². The first-order chi connectivity index (χ1) is 14.0. The molecule has 0 saturated carbocycles. The van der Waals surface area contributed by atoms with Gasteiger partial charge >= 0.3 is 12.3 Å². The fraction of sp³-hybridized carbons (Fsp3) is 0.250. The number of alkyl halides is 3. The molecule has 2 N–H and O–H groups in total. The zero-order valence-corrected chi connectivity index (χ0v) is 16.1. The molecule has 0 aromatic heterocycles. The van der Waals surface area contributed by atoms with E-state index in [0.717, 1.165) is 17.7 Å². The number of rotatable bonds is 7. The number of halogens is 3. The van der Waals surface area contributed by atoms with E-state index in [2.05, 4.69) is 15.4 Å². The molecule has 0 radical (unpaired) electrons. The van der Waals surface area contributed by atoms with Crippen molar-refractivity contribution in [3.8, 4) is 5.75 Å². The van der Waals surface area contributed by atoms with Gasteiger partial charge in [-0.15, -0.1) is 13.2 Å². The number of hydrogen-bond acceptors (Lipinski definition) is 5. The van der Waals surface area contributed by atoms with Crippen LogP contribution in [0, 0.1) is 6.92 Å². The van der Waals surface area contributed by atoms with Crippen molar-refractivity contribution in [1.29, 1.82) is 0 Å². The summed E-state index contributed by atoms with van der Waals surface area (Å²) in [5.74, 6) is -2.43. The maximum atomic E-state index is 12.1. The van der Waals surface area contributed by atoms with Crippen LogP contribution >= 0.6 is 0 Å². The smallest absolute Gasteiger partial charge is 0.451 e. The van der Waals surface area contributed by atoms with Crippen LogP contribution in [0.4, 0.5) is 18.9 Å². The second kappa shape index (κ2) is 9.77. The van der Waals surface area contributed by atoms with Crippen LogP contribution < -0.4 is 15.4 Å². The number of benzene rings is 2.